The minimum Gasteiger partial charge on any atom is -0.309 e. The topological polar surface area (TPSA) is 4.93 Å². The molecule has 0 radical (unpaired) electrons. The maximum atomic E-state index is 2.50. The fraction of sp³-hybridized carbons (Fsp3) is 0. The Labute approximate surface area is 260 Å². The monoisotopic (exact) mass is 569 g/mol. The third kappa shape index (κ3) is 3.56. The molecule has 1 heteroatoms. The summed E-state index contributed by atoms with van der Waals surface area (Å²) < 4.78 is 2.50. The van der Waals surface area contributed by atoms with E-state index in [2.05, 4.69) is 168 Å². The predicted octanol–water partition coefficient (Wildman–Crippen LogP) is 12.2. The molecule has 0 spiro atoms. The second-order valence-electron chi connectivity index (χ2n) is 12.1. The summed E-state index contributed by atoms with van der Waals surface area (Å²) in [6.07, 6.45) is 0. The fourth-order valence-corrected chi connectivity index (χ4v) is 7.62. The first-order valence-electron chi connectivity index (χ1n) is 15.6. The van der Waals surface area contributed by atoms with Crippen molar-refractivity contribution >= 4 is 75.7 Å². The van der Waals surface area contributed by atoms with Crippen LogP contribution in [0.25, 0.3) is 92.5 Å². The lowest BCUT2D eigenvalue weighted by atomic mass is 9.92. The van der Waals surface area contributed by atoms with Crippen LogP contribution in [0.5, 0.6) is 0 Å². The minimum absolute atomic E-state index is 1.18. The molecule has 0 unspecified atom stereocenters. The van der Waals surface area contributed by atoms with Gasteiger partial charge < -0.3 is 4.57 Å². The molecule has 10 rings (SSSR count). The zero-order valence-corrected chi connectivity index (χ0v) is 24.5. The Morgan fingerprint density at radius 3 is 1.69 bits per heavy atom. The first-order chi connectivity index (χ1) is 22.3. The van der Waals surface area contributed by atoms with Gasteiger partial charge in [-0.15, -0.1) is 0 Å². The molecule has 0 saturated carbocycles. The van der Waals surface area contributed by atoms with Crippen LogP contribution in [0.1, 0.15) is 0 Å². The zero-order chi connectivity index (χ0) is 29.5. The van der Waals surface area contributed by atoms with E-state index in [9.17, 15) is 0 Å². The number of hydrogen-bond donors (Lipinski definition) is 0. The van der Waals surface area contributed by atoms with E-state index in [-0.39, 0.29) is 0 Å². The number of aromatic nitrogens is 1. The summed E-state index contributed by atoms with van der Waals surface area (Å²) in [6.45, 7) is 0. The highest BCUT2D eigenvalue weighted by atomic mass is 15.0. The molecule has 0 aliphatic carbocycles. The van der Waals surface area contributed by atoms with Crippen molar-refractivity contribution in [2.75, 3.05) is 0 Å². The predicted molar refractivity (Wildman–Crippen MR) is 194 cm³/mol. The lowest BCUT2D eigenvalue weighted by Gasteiger charge is -2.14. The van der Waals surface area contributed by atoms with E-state index < -0.39 is 0 Å². The number of rotatable bonds is 2. The van der Waals surface area contributed by atoms with E-state index >= 15 is 0 Å². The standard InChI is InChI=1S/C44H27N/c1-3-12-31-25-33(18-17-28(31)9-1)34-21-24-41-40(27-34)43-42-36-14-6-5-11-30(36)20-23-38(42)37-15-7-8-16-39(37)44(43)45(41)35-22-19-29-10-2-4-13-32(29)26-35/h1-27H. The zero-order valence-electron chi connectivity index (χ0n) is 24.5. The van der Waals surface area contributed by atoms with Crippen LogP contribution in [-0.4, -0.2) is 4.57 Å². The normalized spacial score (nSPS) is 12.0. The molecule has 0 aliphatic rings. The van der Waals surface area contributed by atoms with Crippen molar-refractivity contribution in [1.29, 1.82) is 0 Å². The first kappa shape index (κ1) is 24.5. The van der Waals surface area contributed by atoms with Gasteiger partial charge >= 0.3 is 0 Å². The fourth-order valence-electron chi connectivity index (χ4n) is 7.62. The van der Waals surface area contributed by atoms with Gasteiger partial charge in [-0.3, -0.25) is 0 Å². The highest BCUT2D eigenvalue weighted by Gasteiger charge is 2.21. The summed E-state index contributed by atoms with van der Waals surface area (Å²) in [6, 6.07) is 60.4. The molecule has 1 nitrogen and oxygen atoms in total. The van der Waals surface area contributed by atoms with E-state index in [0.29, 0.717) is 0 Å². The first-order valence-corrected chi connectivity index (χ1v) is 15.6. The van der Waals surface area contributed by atoms with Crippen molar-refractivity contribution in [2.45, 2.75) is 0 Å². The average molecular weight is 570 g/mol. The smallest absolute Gasteiger partial charge is 0.0626 e. The summed E-state index contributed by atoms with van der Waals surface area (Å²) in [7, 11) is 0. The van der Waals surface area contributed by atoms with Gasteiger partial charge in [-0.2, -0.15) is 0 Å². The Morgan fingerprint density at radius 1 is 0.311 bits per heavy atom. The van der Waals surface area contributed by atoms with Crippen LogP contribution in [0, 0.1) is 0 Å². The Bertz CT molecular complexity index is 2820. The van der Waals surface area contributed by atoms with Gasteiger partial charge in [0.15, 0.2) is 0 Å². The second-order valence-corrected chi connectivity index (χ2v) is 12.1. The molecule has 0 aliphatic heterocycles. The summed E-state index contributed by atoms with van der Waals surface area (Å²) in [5.41, 5.74) is 6.12. The Hall–Kier alpha value is -5.92. The van der Waals surface area contributed by atoms with E-state index in [4.69, 9.17) is 0 Å². The Kier molecular flexibility index (Phi) is 5.06. The van der Waals surface area contributed by atoms with Crippen LogP contribution in [0.2, 0.25) is 0 Å². The van der Waals surface area contributed by atoms with Crippen molar-refractivity contribution in [3.05, 3.63) is 164 Å². The van der Waals surface area contributed by atoms with Gasteiger partial charge in [0.05, 0.1) is 11.0 Å². The van der Waals surface area contributed by atoms with Gasteiger partial charge in [-0.1, -0.05) is 133 Å². The van der Waals surface area contributed by atoms with Crippen molar-refractivity contribution in [2.24, 2.45) is 0 Å². The molecule has 1 heterocycles. The molecule has 0 N–H and O–H groups in total. The summed E-state index contributed by atoms with van der Waals surface area (Å²) in [5, 5.41) is 15.3. The third-order valence-electron chi connectivity index (χ3n) is 9.69. The van der Waals surface area contributed by atoms with Crippen LogP contribution in [0.3, 0.4) is 0 Å². The maximum absolute atomic E-state index is 2.50. The molecule has 0 saturated heterocycles. The van der Waals surface area contributed by atoms with Crippen LogP contribution in [0.4, 0.5) is 0 Å². The van der Waals surface area contributed by atoms with Crippen LogP contribution in [-0.2, 0) is 0 Å². The average Bonchev–Trinajstić information content (AvgIpc) is 3.45. The molecule has 208 valence electrons. The highest BCUT2D eigenvalue weighted by molar-refractivity contribution is 6.37. The van der Waals surface area contributed by atoms with Crippen LogP contribution in [0.15, 0.2) is 164 Å². The Morgan fingerprint density at radius 2 is 0.889 bits per heavy atom. The van der Waals surface area contributed by atoms with Crippen molar-refractivity contribution < 1.29 is 0 Å². The van der Waals surface area contributed by atoms with Gasteiger partial charge in [0.1, 0.15) is 0 Å². The van der Waals surface area contributed by atoms with Crippen molar-refractivity contribution in [1.82, 2.24) is 4.57 Å². The van der Waals surface area contributed by atoms with E-state index in [1.165, 1.54) is 92.5 Å². The van der Waals surface area contributed by atoms with E-state index in [1.54, 1.807) is 0 Å². The number of benzene rings is 9. The molecule has 1 aromatic heterocycles. The van der Waals surface area contributed by atoms with E-state index in [1.807, 2.05) is 0 Å². The molecular formula is C44H27N. The molecule has 0 amide bonds. The molecule has 0 fully saturated rings. The molecule has 10 aromatic rings. The quantitative estimate of drug-likeness (QED) is 0.183. The van der Waals surface area contributed by atoms with Gasteiger partial charge in [-0.25, -0.2) is 0 Å². The highest BCUT2D eigenvalue weighted by Crippen LogP contribution is 2.45. The molecule has 0 atom stereocenters. The molecule has 45 heavy (non-hydrogen) atoms. The maximum Gasteiger partial charge on any atom is 0.0626 e. The minimum atomic E-state index is 1.18. The number of nitrogens with zero attached hydrogens (tertiary/aromatic N) is 1. The van der Waals surface area contributed by atoms with Gasteiger partial charge in [0, 0.05) is 27.2 Å². The number of fused-ring (bicyclic) bond motifs is 12. The molecular weight excluding hydrogens is 542 g/mol. The third-order valence-corrected chi connectivity index (χ3v) is 9.69. The summed E-state index contributed by atoms with van der Waals surface area (Å²) in [5.74, 6) is 0. The molecule has 0 bridgehead atoms. The molecule has 9 aromatic carbocycles. The van der Waals surface area contributed by atoms with Gasteiger partial charge in [0.25, 0.3) is 0 Å². The number of hydrogen-bond acceptors (Lipinski definition) is 0. The Balaban J connectivity index is 1.42. The van der Waals surface area contributed by atoms with Crippen molar-refractivity contribution in [3.63, 3.8) is 0 Å². The van der Waals surface area contributed by atoms with Crippen molar-refractivity contribution in [3.8, 4) is 16.8 Å². The van der Waals surface area contributed by atoms with E-state index in [0.717, 1.165) is 0 Å². The summed E-state index contributed by atoms with van der Waals surface area (Å²) in [4.78, 5) is 0. The lowest BCUT2D eigenvalue weighted by molar-refractivity contribution is 1.19. The second kappa shape index (κ2) is 9.29. The SMILES string of the molecule is c1ccc2cc(-c3ccc4c(c3)c3c5c6ccccc6ccc5c5ccccc5c3n4-c3ccc4ccccc4c3)ccc2c1. The lowest BCUT2D eigenvalue weighted by Crippen LogP contribution is -1.95. The van der Waals surface area contributed by atoms with Crippen LogP contribution < -0.4 is 0 Å². The summed E-state index contributed by atoms with van der Waals surface area (Å²) >= 11 is 0. The van der Waals surface area contributed by atoms with Crippen LogP contribution >= 0.6 is 0 Å². The van der Waals surface area contributed by atoms with Gasteiger partial charge in [-0.05, 0) is 84.5 Å². The van der Waals surface area contributed by atoms with Gasteiger partial charge in [0.2, 0.25) is 0 Å². The largest absolute Gasteiger partial charge is 0.309 e.